The summed E-state index contributed by atoms with van der Waals surface area (Å²) < 4.78 is 11.2. The number of benzene rings is 2. The van der Waals surface area contributed by atoms with E-state index in [9.17, 15) is 9.59 Å². The predicted octanol–water partition coefficient (Wildman–Crippen LogP) is 7.50. The van der Waals surface area contributed by atoms with Crippen molar-refractivity contribution in [2.24, 2.45) is 0 Å². The number of hydrogen-bond acceptors (Lipinski definition) is 6. The summed E-state index contributed by atoms with van der Waals surface area (Å²) in [5.74, 6) is 8.06. The van der Waals surface area contributed by atoms with Gasteiger partial charge < -0.3 is 19.4 Å². The highest BCUT2D eigenvalue weighted by molar-refractivity contribution is 5.77. The van der Waals surface area contributed by atoms with Crippen LogP contribution >= 0.6 is 0 Å². The third-order valence-electron chi connectivity index (χ3n) is 8.04. The van der Waals surface area contributed by atoms with Gasteiger partial charge in [-0.15, -0.1) is 0 Å². The van der Waals surface area contributed by atoms with Gasteiger partial charge in [-0.3, -0.25) is 9.80 Å². The van der Waals surface area contributed by atoms with Gasteiger partial charge in [0.1, 0.15) is 22.9 Å². The lowest BCUT2D eigenvalue weighted by atomic mass is 10.1. The van der Waals surface area contributed by atoms with E-state index >= 15 is 0 Å². The number of aromatic amines is 2. The third kappa shape index (κ3) is 7.04. The largest absolute Gasteiger partial charge is 0.444 e. The van der Waals surface area contributed by atoms with Crippen LogP contribution in [-0.4, -0.2) is 66.2 Å². The number of fused-ring (bicyclic) bond motifs is 1. The number of likely N-dealkylation sites (tertiary alicyclic amines) is 2. The first-order chi connectivity index (χ1) is 21.8. The molecule has 0 radical (unpaired) electrons. The fraction of sp³-hybridized carbons (Fsp3) is 0.444. The van der Waals surface area contributed by atoms with Gasteiger partial charge in [-0.25, -0.2) is 19.6 Å². The Morgan fingerprint density at radius 3 is 1.96 bits per heavy atom. The summed E-state index contributed by atoms with van der Waals surface area (Å²) in [6.07, 6.45) is 4.71. The van der Waals surface area contributed by atoms with Crippen LogP contribution in [0.5, 0.6) is 0 Å². The van der Waals surface area contributed by atoms with Gasteiger partial charge in [0.05, 0.1) is 35.0 Å². The molecule has 10 nitrogen and oxygen atoms in total. The summed E-state index contributed by atoms with van der Waals surface area (Å²) in [7, 11) is 0. The highest BCUT2D eigenvalue weighted by atomic mass is 16.6. The summed E-state index contributed by atoms with van der Waals surface area (Å²) in [5, 5.41) is 0. The lowest BCUT2D eigenvalue weighted by Gasteiger charge is -2.27. The van der Waals surface area contributed by atoms with E-state index in [1.807, 2.05) is 90.2 Å². The van der Waals surface area contributed by atoms with E-state index in [1.165, 1.54) is 0 Å². The quantitative estimate of drug-likeness (QED) is 0.229. The number of aromatic nitrogens is 4. The Morgan fingerprint density at radius 2 is 1.35 bits per heavy atom. The highest BCUT2D eigenvalue weighted by Crippen LogP contribution is 2.34. The number of nitrogens with one attached hydrogen (secondary N) is 2. The molecule has 2 aliphatic rings. The molecule has 2 saturated heterocycles. The number of hydrogen-bond donors (Lipinski definition) is 2. The van der Waals surface area contributed by atoms with E-state index in [0.29, 0.717) is 13.1 Å². The van der Waals surface area contributed by atoms with Crippen LogP contribution in [0, 0.1) is 11.8 Å². The van der Waals surface area contributed by atoms with Gasteiger partial charge in [0.15, 0.2) is 0 Å². The first-order valence-electron chi connectivity index (χ1n) is 16.0. The second-order valence-electron chi connectivity index (χ2n) is 14.0. The van der Waals surface area contributed by atoms with Crippen LogP contribution in [0.3, 0.4) is 0 Å². The van der Waals surface area contributed by atoms with Crippen molar-refractivity contribution >= 4 is 23.2 Å². The normalized spacial score (nSPS) is 18.5. The molecule has 2 N–H and O–H groups in total. The number of nitrogens with zero attached hydrogens (tertiary/aromatic N) is 4. The molecule has 2 aromatic heterocycles. The van der Waals surface area contributed by atoms with Crippen LogP contribution in [0.15, 0.2) is 48.7 Å². The number of rotatable bonds is 3. The van der Waals surface area contributed by atoms with Crippen LogP contribution in [0.25, 0.3) is 22.3 Å². The average Bonchev–Trinajstić information content (AvgIpc) is 3.79. The number of ether oxygens (including phenoxy) is 2. The minimum Gasteiger partial charge on any atom is -0.444 e. The third-order valence-corrected chi connectivity index (χ3v) is 8.04. The van der Waals surface area contributed by atoms with Gasteiger partial charge >= 0.3 is 12.2 Å². The molecule has 2 aromatic carbocycles. The van der Waals surface area contributed by atoms with Crippen LogP contribution in [0.1, 0.15) is 102 Å². The zero-order valence-corrected chi connectivity index (χ0v) is 27.4. The molecule has 46 heavy (non-hydrogen) atoms. The molecule has 4 aromatic rings. The molecule has 6 rings (SSSR count). The molecular formula is C36H42N6O4. The highest BCUT2D eigenvalue weighted by Gasteiger charge is 2.36. The standard InChI is InChI=1S/C36H42N6O4/c1-35(2,3)45-33(43)41-19-7-9-29(41)31-37-22-28(40-31)25-16-13-23(14-17-25)11-12-24-15-18-26-27(21-24)39-32(38-26)30-10-8-20-42(30)34(44)46-36(4,5)6/h13-18,21-22,29-30H,7-10,19-20H2,1-6H3,(H,37,40)(H,38,39)/t29-,30+/m1/s1. The summed E-state index contributed by atoms with van der Waals surface area (Å²) in [5.41, 5.74) is 4.27. The van der Waals surface area contributed by atoms with Crippen molar-refractivity contribution in [1.29, 1.82) is 0 Å². The Hall–Kier alpha value is -4.78. The SMILES string of the molecule is CC(C)(C)OC(=O)N1CCC[C@@H]1c1ncc(-c2ccc(C#Cc3ccc4nc([C@@H]5CCCN5C(=O)OC(C)(C)C)[nH]c4c3)cc2)[nH]1. The average molecular weight is 623 g/mol. The van der Waals surface area contributed by atoms with Crippen molar-refractivity contribution in [1.82, 2.24) is 29.7 Å². The van der Waals surface area contributed by atoms with Gasteiger partial charge in [0, 0.05) is 24.2 Å². The van der Waals surface area contributed by atoms with Crippen molar-refractivity contribution in [3.8, 4) is 23.1 Å². The van der Waals surface area contributed by atoms with Crippen molar-refractivity contribution in [3.05, 3.63) is 71.4 Å². The Bertz CT molecular complexity index is 1800. The maximum Gasteiger partial charge on any atom is 0.410 e. The molecule has 2 aliphatic heterocycles. The Kier molecular flexibility index (Phi) is 8.28. The Balaban J connectivity index is 1.12. The molecule has 0 unspecified atom stereocenters. The first kappa shape index (κ1) is 31.2. The van der Waals surface area contributed by atoms with Crippen LogP contribution in [0.4, 0.5) is 9.59 Å². The van der Waals surface area contributed by atoms with Crippen LogP contribution < -0.4 is 0 Å². The van der Waals surface area contributed by atoms with E-state index in [4.69, 9.17) is 14.5 Å². The molecular weight excluding hydrogens is 580 g/mol. The van der Waals surface area contributed by atoms with E-state index in [1.54, 1.807) is 9.80 Å². The molecule has 0 spiro atoms. The van der Waals surface area contributed by atoms with E-state index in [0.717, 1.165) is 70.7 Å². The Labute approximate surface area is 269 Å². The van der Waals surface area contributed by atoms with Crippen LogP contribution in [0.2, 0.25) is 0 Å². The smallest absolute Gasteiger partial charge is 0.410 e. The topological polar surface area (TPSA) is 116 Å². The molecule has 4 heterocycles. The minimum atomic E-state index is -0.545. The summed E-state index contributed by atoms with van der Waals surface area (Å²) >= 11 is 0. The summed E-state index contributed by atoms with van der Waals surface area (Å²) in [6.45, 7) is 12.6. The monoisotopic (exact) mass is 622 g/mol. The first-order valence-corrected chi connectivity index (χ1v) is 16.0. The number of H-pyrrole nitrogens is 2. The number of carbonyl (C=O) groups excluding carboxylic acids is 2. The van der Waals surface area contributed by atoms with Gasteiger partial charge in [-0.2, -0.15) is 0 Å². The van der Waals surface area contributed by atoms with Crippen molar-refractivity contribution in [2.45, 2.75) is 90.5 Å². The zero-order chi connectivity index (χ0) is 32.6. The molecule has 0 aliphatic carbocycles. The molecule has 0 saturated carbocycles. The van der Waals surface area contributed by atoms with E-state index in [2.05, 4.69) is 26.8 Å². The predicted molar refractivity (Wildman–Crippen MR) is 176 cm³/mol. The fourth-order valence-electron chi connectivity index (χ4n) is 5.98. The minimum absolute atomic E-state index is 0.126. The van der Waals surface area contributed by atoms with Crippen LogP contribution in [-0.2, 0) is 9.47 Å². The van der Waals surface area contributed by atoms with E-state index in [-0.39, 0.29) is 24.3 Å². The van der Waals surface area contributed by atoms with Crippen molar-refractivity contribution in [2.75, 3.05) is 13.1 Å². The second kappa shape index (κ2) is 12.2. The van der Waals surface area contributed by atoms with E-state index < -0.39 is 11.2 Å². The van der Waals surface area contributed by atoms with Crippen molar-refractivity contribution in [3.63, 3.8) is 0 Å². The molecule has 10 heteroatoms. The number of imidazole rings is 2. The molecule has 2 amide bonds. The molecule has 240 valence electrons. The maximum absolute atomic E-state index is 12.8. The summed E-state index contributed by atoms with van der Waals surface area (Å²) in [4.78, 5) is 45.3. The summed E-state index contributed by atoms with van der Waals surface area (Å²) in [6, 6.07) is 13.7. The molecule has 2 atom stereocenters. The van der Waals surface area contributed by atoms with Gasteiger partial charge in [0.2, 0.25) is 0 Å². The van der Waals surface area contributed by atoms with Gasteiger partial charge in [-0.1, -0.05) is 24.0 Å². The fourth-order valence-corrected chi connectivity index (χ4v) is 5.98. The number of amides is 2. The molecule has 2 fully saturated rings. The Morgan fingerprint density at radius 1 is 0.783 bits per heavy atom. The maximum atomic E-state index is 12.8. The van der Waals surface area contributed by atoms with Gasteiger partial charge in [-0.05, 0) is 103 Å². The lowest BCUT2D eigenvalue weighted by molar-refractivity contribution is 0.0208. The zero-order valence-electron chi connectivity index (χ0n) is 27.4. The lowest BCUT2D eigenvalue weighted by Crippen LogP contribution is -2.36. The number of carbonyl (C=O) groups is 2. The molecule has 0 bridgehead atoms. The second-order valence-corrected chi connectivity index (χ2v) is 14.0. The van der Waals surface area contributed by atoms with Gasteiger partial charge in [0.25, 0.3) is 0 Å². The van der Waals surface area contributed by atoms with Crippen molar-refractivity contribution < 1.29 is 19.1 Å².